The van der Waals surface area contributed by atoms with E-state index in [1.165, 1.54) is 0 Å². The normalized spacial score (nSPS) is 11.3. The minimum atomic E-state index is -0.0849. The van der Waals surface area contributed by atoms with Crippen molar-refractivity contribution in [2.45, 2.75) is 6.54 Å². The summed E-state index contributed by atoms with van der Waals surface area (Å²) in [6.45, 7) is 0.457. The second-order valence-corrected chi connectivity index (χ2v) is 6.42. The quantitative estimate of drug-likeness (QED) is 0.539. The molecule has 0 aliphatic carbocycles. The van der Waals surface area contributed by atoms with E-state index in [0.29, 0.717) is 17.6 Å². The Hall–Kier alpha value is -3.80. The summed E-state index contributed by atoms with van der Waals surface area (Å²) < 4.78 is 1.61. The lowest BCUT2D eigenvalue weighted by molar-refractivity contribution is 0.747. The van der Waals surface area contributed by atoms with Gasteiger partial charge in [0, 0.05) is 11.6 Å². The summed E-state index contributed by atoms with van der Waals surface area (Å²) in [5.41, 5.74) is 4.64. The van der Waals surface area contributed by atoms with Crippen LogP contribution in [0.2, 0.25) is 0 Å². The van der Waals surface area contributed by atoms with Gasteiger partial charge >= 0.3 is 0 Å². The highest BCUT2D eigenvalue weighted by atomic mass is 16.1. The van der Waals surface area contributed by atoms with Crippen molar-refractivity contribution >= 4 is 21.9 Å². The van der Waals surface area contributed by atoms with E-state index in [4.69, 9.17) is 0 Å². The topological polar surface area (TPSA) is 76.5 Å². The molecule has 5 rings (SSSR count). The van der Waals surface area contributed by atoms with Crippen molar-refractivity contribution in [3.8, 4) is 11.1 Å². The summed E-state index contributed by atoms with van der Waals surface area (Å²) in [6, 6.07) is 17.9. The molecule has 0 radical (unpaired) electrons. The van der Waals surface area contributed by atoms with Crippen molar-refractivity contribution in [1.82, 2.24) is 24.7 Å². The monoisotopic (exact) mass is 353 g/mol. The smallest absolute Gasteiger partial charge is 0.263 e. The lowest BCUT2D eigenvalue weighted by atomic mass is 10.0. The summed E-state index contributed by atoms with van der Waals surface area (Å²) in [6.07, 6.45) is 5.01. The van der Waals surface area contributed by atoms with Gasteiger partial charge in [-0.2, -0.15) is 5.10 Å². The molecule has 0 saturated heterocycles. The van der Waals surface area contributed by atoms with E-state index in [1.807, 2.05) is 24.4 Å². The number of H-pyrrole nitrogens is 1. The first-order chi connectivity index (χ1) is 13.3. The zero-order chi connectivity index (χ0) is 18.2. The van der Waals surface area contributed by atoms with Crippen molar-refractivity contribution in [3.05, 3.63) is 89.2 Å². The minimum absolute atomic E-state index is 0.0849. The Kier molecular flexibility index (Phi) is 3.53. The molecule has 2 aromatic carbocycles. The number of hydrogen-bond donors (Lipinski definition) is 1. The Morgan fingerprint density at radius 1 is 0.963 bits per heavy atom. The molecule has 6 heteroatoms. The fourth-order valence-corrected chi connectivity index (χ4v) is 3.28. The fraction of sp³-hybridized carbons (Fsp3) is 0.0476. The van der Waals surface area contributed by atoms with Crippen LogP contribution in [0, 0.1) is 0 Å². The molecule has 3 heterocycles. The van der Waals surface area contributed by atoms with Gasteiger partial charge in [0.25, 0.3) is 5.56 Å². The van der Waals surface area contributed by atoms with Crippen LogP contribution < -0.4 is 5.56 Å². The van der Waals surface area contributed by atoms with Gasteiger partial charge in [-0.05, 0) is 47.0 Å². The molecule has 0 unspecified atom stereocenters. The zero-order valence-corrected chi connectivity index (χ0v) is 14.3. The number of fused-ring (bicyclic) bond motifs is 2. The first kappa shape index (κ1) is 15.5. The minimum Gasteiger partial charge on any atom is -0.294 e. The lowest BCUT2D eigenvalue weighted by Gasteiger charge is -2.09. The van der Waals surface area contributed by atoms with E-state index < -0.39 is 0 Å². The highest BCUT2D eigenvalue weighted by Gasteiger charge is 2.07. The van der Waals surface area contributed by atoms with Crippen LogP contribution in [0.25, 0.3) is 33.1 Å². The van der Waals surface area contributed by atoms with Crippen molar-refractivity contribution in [3.63, 3.8) is 0 Å². The Labute approximate surface area is 154 Å². The van der Waals surface area contributed by atoms with Crippen LogP contribution in [-0.4, -0.2) is 24.7 Å². The van der Waals surface area contributed by atoms with Crippen LogP contribution in [0.5, 0.6) is 0 Å². The van der Waals surface area contributed by atoms with Crippen LogP contribution >= 0.6 is 0 Å². The number of benzene rings is 2. The summed E-state index contributed by atoms with van der Waals surface area (Å²) in [4.78, 5) is 21.1. The molecule has 0 aliphatic heterocycles. The first-order valence-corrected chi connectivity index (χ1v) is 8.60. The summed E-state index contributed by atoms with van der Waals surface area (Å²) in [5, 5.41) is 8.63. The van der Waals surface area contributed by atoms with E-state index in [2.05, 4.69) is 44.4 Å². The summed E-state index contributed by atoms with van der Waals surface area (Å²) in [7, 11) is 0. The number of nitrogens with zero attached hydrogens (tertiary/aromatic N) is 4. The number of aromatic amines is 1. The van der Waals surface area contributed by atoms with Crippen LogP contribution in [0.4, 0.5) is 0 Å². The molecule has 1 N–H and O–H groups in total. The summed E-state index contributed by atoms with van der Waals surface area (Å²) >= 11 is 0. The standard InChI is InChI=1S/C21H15N5O/c27-21-18-5-2-8-22-20(18)23-13-26(21)12-14-3-1-4-15(9-14)16-6-7-19-17(10-16)11-24-25-19/h1-11,13H,12H2,(H,24,25). The third-order valence-corrected chi connectivity index (χ3v) is 4.65. The van der Waals surface area contributed by atoms with Gasteiger partial charge in [-0.25, -0.2) is 9.97 Å². The molecule has 0 bridgehead atoms. The van der Waals surface area contributed by atoms with E-state index in [-0.39, 0.29) is 5.56 Å². The van der Waals surface area contributed by atoms with Gasteiger partial charge in [0.1, 0.15) is 6.33 Å². The Morgan fingerprint density at radius 2 is 1.89 bits per heavy atom. The molecule has 27 heavy (non-hydrogen) atoms. The zero-order valence-electron chi connectivity index (χ0n) is 14.3. The van der Waals surface area contributed by atoms with Crippen molar-refractivity contribution in [1.29, 1.82) is 0 Å². The third-order valence-electron chi connectivity index (χ3n) is 4.65. The van der Waals surface area contributed by atoms with E-state index >= 15 is 0 Å². The maximum Gasteiger partial charge on any atom is 0.263 e. The first-order valence-electron chi connectivity index (χ1n) is 8.60. The van der Waals surface area contributed by atoms with Gasteiger partial charge in [-0.3, -0.25) is 14.5 Å². The van der Waals surface area contributed by atoms with E-state index in [1.54, 1.807) is 29.2 Å². The second-order valence-electron chi connectivity index (χ2n) is 6.42. The van der Waals surface area contributed by atoms with Gasteiger partial charge < -0.3 is 0 Å². The maximum atomic E-state index is 12.7. The fourth-order valence-electron chi connectivity index (χ4n) is 3.28. The number of nitrogens with one attached hydrogen (secondary N) is 1. The SMILES string of the molecule is O=c1c2cccnc2ncn1Cc1cccc(-c2ccc3[nH]ncc3c2)c1. The predicted octanol–water partition coefficient (Wildman–Crippen LogP) is 3.38. The molecule has 0 fully saturated rings. The average Bonchev–Trinajstić information content (AvgIpc) is 3.18. The Bertz CT molecular complexity index is 1340. The Balaban J connectivity index is 1.52. The number of hydrogen-bond acceptors (Lipinski definition) is 4. The number of rotatable bonds is 3. The van der Waals surface area contributed by atoms with Crippen molar-refractivity contribution < 1.29 is 0 Å². The lowest BCUT2D eigenvalue weighted by Crippen LogP contribution is -2.21. The van der Waals surface area contributed by atoms with Gasteiger partial charge in [0.2, 0.25) is 0 Å². The summed E-state index contributed by atoms with van der Waals surface area (Å²) in [5.74, 6) is 0. The highest BCUT2D eigenvalue weighted by molar-refractivity contribution is 5.84. The van der Waals surface area contributed by atoms with Gasteiger partial charge in [-0.15, -0.1) is 0 Å². The Morgan fingerprint density at radius 3 is 2.85 bits per heavy atom. The second kappa shape index (κ2) is 6.17. The van der Waals surface area contributed by atoms with E-state index in [9.17, 15) is 4.79 Å². The molecule has 6 nitrogen and oxygen atoms in total. The van der Waals surface area contributed by atoms with Gasteiger partial charge in [0.05, 0.1) is 23.6 Å². The number of pyridine rings is 1. The largest absolute Gasteiger partial charge is 0.294 e. The van der Waals surface area contributed by atoms with Crippen molar-refractivity contribution in [2.75, 3.05) is 0 Å². The molecule has 0 aliphatic rings. The van der Waals surface area contributed by atoms with Crippen molar-refractivity contribution in [2.24, 2.45) is 0 Å². The molecule has 0 atom stereocenters. The van der Waals surface area contributed by atoms with Crippen LogP contribution in [0.15, 0.2) is 78.1 Å². The van der Waals surface area contributed by atoms with E-state index in [0.717, 1.165) is 27.6 Å². The molecule has 5 aromatic rings. The van der Waals surface area contributed by atoms with Gasteiger partial charge in [-0.1, -0.05) is 24.3 Å². The molecular formula is C21H15N5O. The van der Waals surface area contributed by atoms with Crippen LogP contribution in [0.1, 0.15) is 5.56 Å². The molecule has 3 aromatic heterocycles. The molecule has 130 valence electrons. The van der Waals surface area contributed by atoms with Crippen LogP contribution in [0.3, 0.4) is 0 Å². The predicted molar refractivity (Wildman–Crippen MR) is 104 cm³/mol. The average molecular weight is 353 g/mol. The molecule has 0 saturated carbocycles. The maximum absolute atomic E-state index is 12.7. The highest BCUT2D eigenvalue weighted by Crippen LogP contribution is 2.24. The molecule has 0 spiro atoms. The number of aromatic nitrogens is 5. The third kappa shape index (κ3) is 2.77. The molecule has 0 amide bonds. The molecular weight excluding hydrogens is 338 g/mol. The van der Waals surface area contributed by atoms with Gasteiger partial charge in [0.15, 0.2) is 5.65 Å². The van der Waals surface area contributed by atoms with Crippen LogP contribution in [-0.2, 0) is 6.54 Å².